The van der Waals surface area contributed by atoms with Crippen molar-refractivity contribution in [3.05, 3.63) is 54.5 Å². The molecule has 0 bridgehead atoms. The molecule has 0 amide bonds. The van der Waals surface area contributed by atoms with Crippen molar-refractivity contribution in [2.45, 2.75) is 19.9 Å². The molecule has 0 aliphatic heterocycles. The van der Waals surface area contributed by atoms with Crippen LogP contribution in [0.5, 0.6) is 11.5 Å². The number of hydrogen-bond donors (Lipinski definition) is 1. The molecule has 3 aromatic heterocycles. The van der Waals surface area contributed by atoms with E-state index in [9.17, 15) is 0 Å². The summed E-state index contributed by atoms with van der Waals surface area (Å²) in [6, 6.07) is 6.74. The van der Waals surface area contributed by atoms with Crippen LogP contribution in [0.15, 0.2) is 42.9 Å². The van der Waals surface area contributed by atoms with Gasteiger partial charge in [-0.2, -0.15) is 5.10 Å². The molecule has 0 saturated heterocycles. The number of ether oxygens (including phenoxy) is 2. The monoisotopic (exact) mass is 482 g/mol. The fraction of sp³-hybridized carbons (Fsp3) is 0.320. The molecular formula is C25H28F2N6O2. The first kappa shape index (κ1) is 24.3. The Morgan fingerprint density at radius 3 is 2.31 bits per heavy atom. The number of aryl methyl sites for hydroxylation is 1. The van der Waals surface area contributed by atoms with E-state index in [0.717, 1.165) is 11.1 Å². The summed E-state index contributed by atoms with van der Waals surface area (Å²) in [5.74, 6) is -1.55. The zero-order chi connectivity index (χ0) is 25.1. The van der Waals surface area contributed by atoms with Gasteiger partial charge in [0.25, 0.3) is 0 Å². The molecule has 10 heteroatoms. The molecular weight excluding hydrogens is 454 g/mol. The van der Waals surface area contributed by atoms with Gasteiger partial charge in [-0.05, 0) is 18.2 Å². The maximum absolute atomic E-state index is 15.4. The third kappa shape index (κ3) is 5.02. The number of rotatable bonds is 9. The summed E-state index contributed by atoms with van der Waals surface area (Å²) in [6.45, 7) is 4.71. The molecule has 1 N–H and O–H groups in total. The summed E-state index contributed by atoms with van der Waals surface area (Å²) in [5.41, 5.74) is 2.67. The number of nitrogens with zero attached hydrogens (tertiary/aromatic N) is 5. The van der Waals surface area contributed by atoms with E-state index in [0.29, 0.717) is 23.4 Å². The summed E-state index contributed by atoms with van der Waals surface area (Å²) in [4.78, 5) is 10.7. The number of hydrogen-bond acceptors (Lipinski definition) is 7. The lowest BCUT2D eigenvalue weighted by atomic mass is 10.1. The van der Waals surface area contributed by atoms with Gasteiger partial charge >= 0.3 is 0 Å². The first-order valence-electron chi connectivity index (χ1n) is 11.2. The topological polar surface area (TPSA) is 77.3 Å². The standard InChI is InChI=1S/C25H28F2N6O2/c1-15(2)28-8-9-33(25-23(26)20(34-4)11-21(35-5)24(25)27)22-7-6-18-19(31-22)10-16(12-29-18)17-13-30-32(3)14-17/h6-7,10-15,28H,8-9H2,1-5H3. The minimum Gasteiger partial charge on any atom is -0.493 e. The lowest BCUT2D eigenvalue weighted by Crippen LogP contribution is -2.33. The van der Waals surface area contributed by atoms with Crippen LogP contribution in [0, 0.1) is 11.6 Å². The third-order valence-electron chi connectivity index (χ3n) is 5.55. The molecule has 0 aliphatic carbocycles. The van der Waals surface area contributed by atoms with Crippen molar-refractivity contribution >= 4 is 22.5 Å². The van der Waals surface area contributed by atoms with Gasteiger partial charge < -0.3 is 19.7 Å². The first-order chi connectivity index (χ1) is 16.8. The second-order valence-corrected chi connectivity index (χ2v) is 8.35. The molecule has 4 rings (SSSR count). The zero-order valence-electron chi connectivity index (χ0n) is 20.3. The van der Waals surface area contributed by atoms with E-state index < -0.39 is 11.6 Å². The number of pyridine rings is 2. The number of benzene rings is 1. The van der Waals surface area contributed by atoms with Crippen LogP contribution in [0.3, 0.4) is 0 Å². The number of methoxy groups -OCH3 is 2. The lowest BCUT2D eigenvalue weighted by Gasteiger charge is -2.27. The predicted molar refractivity (Wildman–Crippen MR) is 131 cm³/mol. The Morgan fingerprint density at radius 2 is 1.71 bits per heavy atom. The molecule has 3 heterocycles. The van der Waals surface area contributed by atoms with Crippen LogP contribution in [0.25, 0.3) is 22.2 Å². The van der Waals surface area contributed by atoms with Crippen molar-refractivity contribution in [3.8, 4) is 22.6 Å². The number of aromatic nitrogens is 4. The highest BCUT2D eigenvalue weighted by Gasteiger charge is 2.26. The number of anilines is 2. The van der Waals surface area contributed by atoms with Crippen LogP contribution in [-0.4, -0.2) is 53.1 Å². The molecule has 0 unspecified atom stereocenters. The van der Waals surface area contributed by atoms with Gasteiger partial charge in [0.05, 0.1) is 31.4 Å². The number of fused-ring (bicyclic) bond motifs is 1. The number of nitrogens with one attached hydrogen (secondary N) is 1. The normalized spacial score (nSPS) is 11.3. The summed E-state index contributed by atoms with van der Waals surface area (Å²) in [5, 5.41) is 7.49. The molecule has 0 fully saturated rings. The molecule has 1 aromatic carbocycles. The molecule has 0 atom stereocenters. The van der Waals surface area contributed by atoms with Gasteiger partial charge in [0.2, 0.25) is 0 Å². The largest absolute Gasteiger partial charge is 0.493 e. The van der Waals surface area contributed by atoms with Crippen molar-refractivity contribution < 1.29 is 18.3 Å². The summed E-state index contributed by atoms with van der Waals surface area (Å²) < 4.78 is 42.9. The van der Waals surface area contributed by atoms with Crippen LogP contribution in [0.2, 0.25) is 0 Å². The molecule has 0 radical (unpaired) electrons. The molecule has 35 heavy (non-hydrogen) atoms. The highest BCUT2D eigenvalue weighted by Crippen LogP contribution is 2.39. The molecule has 0 saturated carbocycles. The molecule has 184 valence electrons. The van der Waals surface area contributed by atoms with E-state index in [1.54, 1.807) is 29.2 Å². The van der Waals surface area contributed by atoms with Crippen LogP contribution in [-0.2, 0) is 7.05 Å². The van der Waals surface area contributed by atoms with Crippen molar-refractivity contribution in [2.75, 3.05) is 32.2 Å². The van der Waals surface area contributed by atoms with Crippen LogP contribution < -0.4 is 19.7 Å². The second kappa shape index (κ2) is 10.2. The van der Waals surface area contributed by atoms with Gasteiger partial charge in [-0.25, -0.2) is 13.8 Å². The van der Waals surface area contributed by atoms with Crippen molar-refractivity contribution in [3.63, 3.8) is 0 Å². The average Bonchev–Trinajstić information content (AvgIpc) is 3.28. The fourth-order valence-corrected chi connectivity index (χ4v) is 3.79. The van der Waals surface area contributed by atoms with E-state index in [-0.39, 0.29) is 29.8 Å². The predicted octanol–water partition coefficient (Wildman–Crippen LogP) is 4.46. The van der Waals surface area contributed by atoms with Gasteiger partial charge in [-0.15, -0.1) is 0 Å². The summed E-state index contributed by atoms with van der Waals surface area (Å²) >= 11 is 0. The van der Waals surface area contributed by atoms with E-state index in [1.165, 1.54) is 25.2 Å². The minimum atomic E-state index is -0.834. The second-order valence-electron chi connectivity index (χ2n) is 8.35. The van der Waals surface area contributed by atoms with Crippen molar-refractivity contribution in [2.24, 2.45) is 7.05 Å². The van der Waals surface area contributed by atoms with Gasteiger partial charge in [0.15, 0.2) is 23.1 Å². The molecule has 0 aliphatic rings. The molecule has 0 spiro atoms. The van der Waals surface area contributed by atoms with E-state index >= 15 is 8.78 Å². The van der Waals surface area contributed by atoms with Gasteiger partial charge in [0, 0.05) is 55.8 Å². The van der Waals surface area contributed by atoms with E-state index in [4.69, 9.17) is 14.5 Å². The molecule has 4 aromatic rings. The maximum Gasteiger partial charge on any atom is 0.191 e. The average molecular weight is 483 g/mol. The Labute approximate surface area is 202 Å². The quantitative estimate of drug-likeness (QED) is 0.377. The highest BCUT2D eigenvalue weighted by molar-refractivity contribution is 5.82. The fourth-order valence-electron chi connectivity index (χ4n) is 3.79. The van der Waals surface area contributed by atoms with E-state index in [1.807, 2.05) is 33.2 Å². The Morgan fingerprint density at radius 1 is 1.00 bits per heavy atom. The zero-order valence-corrected chi connectivity index (χ0v) is 20.3. The van der Waals surface area contributed by atoms with Crippen molar-refractivity contribution in [1.82, 2.24) is 25.1 Å². The van der Waals surface area contributed by atoms with Gasteiger partial charge in [-0.1, -0.05) is 13.8 Å². The van der Waals surface area contributed by atoms with Gasteiger partial charge in [-0.3, -0.25) is 9.67 Å². The van der Waals surface area contributed by atoms with E-state index in [2.05, 4.69) is 15.4 Å². The Hall–Kier alpha value is -3.79. The summed E-state index contributed by atoms with van der Waals surface area (Å²) in [6.07, 6.45) is 5.37. The minimum absolute atomic E-state index is 0.124. The van der Waals surface area contributed by atoms with Crippen molar-refractivity contribution in [1.29, 1.82) is 0 Å². The molecule has 8 nitrogen and oxygen atoms in total. The first-order valence-corrected chi connectivity index (χ1v) is 11.2. The van der Waals surface area contributed by atoms with Crippen LogP contribution in [0.4, 0.5) is 20.3 Å². The van der Waals surface area contributed by atoms with Gasteiger partial charge in [0.1, 0.15) is 11.5 Å². The number of halogens is 2. The third-order valence-corrected chi connectivity index (χ3v) is 5.55. The highest BCUT2D eigenvalue weighted by atomic mass is 19.1. The SMILES string of the molecule is COc1cc(OC)c(F)c(N(CCNC(C)C)c2ccc3ncc(-c4cnn(C)c4)cc3n2)c1F. The maximum atomic E-state index is 15.4. The Bertz CT molecular complexity index is 1310. The smallest absolute Gasteiger partial charge is 0.191 e. The lowest BCUT2D eigenvalue weighted by molar-refractivity contribution is 0.358. The Kier molecular flexibility index (Phi) is 7.11. The van der Waals surface area contributed by atoms with Crippen LogP contribution >= 0.6 is 0 Å². The van der Waals surface area contributed by atoms with Crippen LogP contribution in [0.1, 0.15) is 13.8 Å². The Balaban J connectivity index is 1.84. The summed E-state index contributed by atoms with van der Waals surface area (Å²) in [7, 11) is 4.48.